The Morgan fingerprint density at radius 1 is 1.69 bits per heavy atom. The Morgan fingerprint density at radius 2 is 2.54 bits per heavy atom. The van der Waals surface area contributed by atoms with E-state index in [1.165, 1.54) is 25.3 Å². The van der Waals surface area contributed by atoms with E-state index in [0.717, 1.165) is 0 Å². The number of aromatic nitrogens is 1. The summed E-state index contributed by atoms with van der Waals surface area (Å²) in [5, 5.41) is 6.09. The van der Waals surface area contributed by atoms with E-state index in [1.54, 1.807) is 6.08 Å². The van der Waals surface area contributed by atoms with Crippen molar-refractivity contribution in [2.45, 2.75) is 12.8 Å². The number of carbonyl (C=O) groups excluding carboxylic acids is 1. The largest absolute Gasteiger partial charge is 0.363 e. The van der Waals surface area contributed by atoms with Crippen LogP contribution in [0.2, 0.25) is 0 Å². The molecule has 1 aromatic rings. The lowest BCUT2D eigenvalue weighted by molar-refractivity contribution is -0.111. The summed E-state index contributed by atoms with van der Waals surface area (Å²) in [6.07, 6.45) is 8.76. The molecule has 13 heavy (non-hydrogen) atoms. The third-order valence-corrected chi connectivity index (χ3v) is 1.84. The minimum absolute atomic E-state index is 0.130. The van der Waals surface area contributed by atoms with Gasteiger partial charge in [-0.15, -0.1) is 0 Å². The third kappa shape index (κ3) is 2.43. The van der Waals surface area contributed by atoms with Crippen LogP contribution in [-0.4, -0.2) is 11.1 Å². The predicted molar refractivity (Wildman–Crippen MR) is 47.0 cm³/mol. The summed E-state index contributed by atoms with van der Waals surface area (Å²) in [5.74, 6) is 0.489. The summed E-state index contributed by atoms with van der Waals surface area (Å²) in [6, 6.07) is 0. The van der Waals surface area contributed by atoms with Crippen molar-refractivity contribution < 1.29 is 9.32 Å². The Morgan fingerprint density at radius 3 is 3.15 bits per heavy atom. The second kappa shape index (κ2) is 3.43. The van der Waals surface area contributed by atoms with Crippen molar-refractivity contribution in [1.82, 2.24) is 5.16 Å². The number of rotatable bonds is 3. The van der Waals surface area contributed by atoms with Crippen molar-refractivity contribution in [1.29, 1.82) is 0 Å². The molecule has 0 aromatic carbocycles. The van der Waals surface area contributed by atoms with Gasteiger partial charge in [0.05, 0.1) is 6.20 Å². The van der Waals surface area contributed by atoms with Crippen LogP contribution < -0.4 is 5.32 Å². The quantitative estimate of drug-likeness (QED) is 0.715. The van der Waals surface area contributed by atoms with Gasteiger partial charge in [0, 0.05) is 0 Å². The molecular weight excluding hydrogens is 168 g/mol. The molecule has 0 atom stereocenters. The van der Waals surface area contributed by atoms with Crippen molar-refractivity contribution in [3.8, 4) is 0 Å². The summed E-state index contributed by atoms with van der Waals surface area (Å²) in [7, 11) is 0. The maximum atomic E-state index is 11.2. The molecule has 0 unspecified atom stereocenters. The minimum Gasteiger partial charge on any atom is -0.363 e. The van der Waals surface area contributed by atoms with E-state index in [2.05, 4.69) is 15.0 Å². The number of anilines is 1. The zero-order chi connectivity index (χ0) is 9.10. The molecule has 1 aliphatic rings. The Kier molecular flexibility index (Phi) is 2.12. The average Bonchev–Trinajstić information content (AvgIpc) is 2.82. The molecule has 0 radical (unpaired) electrons. The first-order valence-electron chi connectivity index (χ1n) is 4.23. The normalized spacial score (nSPS) is 16.3. The number of nitrogens with one attached hydrogen (secondary N) is 1. The molecule has 0 aliphatic heterocycles. The van der Waals surface area contributed by atoms with Gasteiger partial charge in [0.2, 0.25) is 5.91 Å². The van der Waals surface area contributed by atoms with Crippen LogP contribution >= 0.6 is 0 Å². The Bertz CT molecular complexity index is 312. The first kappa shape index (κ1) is 8.04. The van der Waals surface area contributed by atoms with E-state index >= 15 is 0 Å². The molecule has 1 aromatic heterocycles. The average molecular weight is 178 g/mol. The molecule has 0 bridgehead atoms. The smallest absolute Gasteiger partial charge is 0.248 e. The van der Waals surface area contributed by atoms with Gasteiger partial charge in [0.15, 0.2) is 0 Å². The molecular formula is C9H10N2O2. The van der Waals surface area contributed by atoms with E-state index in [9.17, 15) is 4.79 Å². The highest BCUT2D eigenvalue weighted by Crippen LogP contribution is 2.29. The standard InChI is InChI=1S/C9H10N2O2/c12-9(4-3-7-1-2-7)11-8-5-10-13-6-8/h3-7H,1-2H2,(H,11,12)/b4-3+. The van der Waals surface area contributed by atoms with Gasteiger partial charge in [0.1, 0.15) is 12.0 Å². The number of carbonyl (C=O) groups is 1. The molecule has 0 saturated heterocycles. The topological polar surface area (TPSA) is 55.1 Å². The van der Waals surface area contributed by atoms with Crippen molar-refractivity contribution in [3.05, 3.63) is 24.6 Å². The fourth-order valence-electron chi connectivity index (χ4n) is 0.963. The van der Waals surface area contributed by atoms with Gasteiger partial charge in [-0.3, -0.25) is 4.79 Å². The van der Waals surface area contributed by atoms with E-state index in [4.69, 9.17) is 0 Å². The number of nitrogens with zero attached hydrogens (tertiary/aromatic N) is 1. The highest BCUT2D eigenvalue weighted by molar-refractivity contribution is 5.99. The van der Waals surface area contributed by atoms with Crippen molar-refractivity contribution >= 4 is 11.6 Å². The van der Waals surface area contributed by atoms with Crippen LogP contribution in [0.25, 0.3) is 0 Å². The predicted octanol–water partition coefficient (Wildman–Crippen LogP) is 1.58. The molecule has 0 spiro atoms. The number of amides is 1. The van der Waals surface area contributed by atoms with Gasteiger partial charge >= 0.3 is 0 Å². The van der Waals surface area contributed by atoms with E-state index in [1.807, 2.05) is 6.08 Å². The van der Waals surface area contributed by atoms with Gasteiger partial charge < -0.3 is 9.84 Å². The Hall–Kier alpha value is -1.58. The maximum Gasteiger partial charge on any atom is 0.248 e. The number of hydrogen-bond acceptors (Lipinski definition) is 3. The van der Waals surface area contributed by atoms with E-state index in [-0.39, 0.29) is 5.91 Å². The van der Waals surface area contributed by atoms with Gasteiger partial charge in [-0.05, 0) is 24.8 Å². The second-order valence-corrected chi connectivity index (χ2v) is 3.10. The van der Waals surface area contributed by atoms with Crippen LogP contribution in [0.4, 0.5) is 5.69 Å². The molecule has 68 valence electrons. The van der Waals surface area contributed by atoms with Gasteiger partial charge in [-0.25, -0.2) is 0 Å². The number of hydrogen-bond donors (Lipinski definition) is 1. The lowest BCUT2D eigenvalue weighted by atomic mass is 10.3. The Balaban J connectivity index is 1.84. The summed E-state index contributed by atoms with van der Waals surface area (Å²) in [5.41, 5.74) is 0.588. The van der Waals surface area contributed by atoms with Crippen molar-refractivity contribution in [2.24, 2.45) is 5.92 Å². The summed E-state index contributed by atoms with van der Waals surface area (Å²) < 4.78 is 4.56. The van der Waals surface area contributed by atoms with Gasteiger partial charge in [-0.1, -0.05) is 11.2 Å². The molecule has 1 N–H and O–H groups in total. The zero-order valence-corrected chi connectivity index (χ0v) is 7.06. The van der Waals surface area contributed by atoms with E-state index in [0.29, 0.717) is 11.6 Å². The van der Waals surface area contributed by atoms with Gasteiger partial charge in [0.25, 0.3) is 0 Å². The summed E-state index contributed by atoms with van der Waals surface area (Å²) >= 11 is 0. The first-order chi connectivity index (χ1) is 6.34. The Labute approximate surface area is 75.6 Å². The highest BCUT2D eigenvalue weighted by atomic mass is 16.5. The first-order valence-corrected chi connectivity index (χ1v) is 4.23. The SMILES string of the molecule is O=C(/C=C/C1CC1)Nc1cnoc1. The van der Waals surface area contributed by atoms with Crippen LogP contribution in [0.15, 0.2) is 29.1 Å². The maximum absolute atomic E-state index is 11.2. The zero-order valence-electron chi connectivity index (χ0n) is 7.06. The third-order valence-electron chi connectivity index (χ3n) is 1.84. The van der Waals surface area contributed by atoms with Crippen LogP contribution in [0.5, 0.6) is 0 Å². The van der Waals surface area contributed by atoms with Crippen molar-refractivity contribution in [3.63, 3.8) is 0 Å². The second-order valence-electron chi connectivity index (χ2n) is 3.10. The molecule has 1 saturated carbocycles. The van der Waals surface area contributed by atoms with Crippen LogP contribution in [0.1, 0.15) is 12.8 Å². The lowest BCUT2D eigenvalue weighted by Crippen LogP contribution is -2.06. The van der Waals surface area contributed by atoms with Crippen molar-refractivity contribution in [2.75, 3.05) is 5.32 Å². The van der Waals surface area contributed by atoms with Gasteiger partial charge in [-0.2, -0.15) is 0 Å². The molecule has 1 heterocycles. The molecule has 2 rings (SSSR count). The minimum atomic E-state index is -0.130. The number of allylic oxidation sites excluding steroid dienone is 1. The van der Waals surface area contributed by atoms with E-state index < -0.39 is 0 Å². The fraction of sp³-hybridized carbons (Fsp3) is 0.333. The summed E-state index contributed by atoms with van der Waals surface area (Å²) in [6.45, 7) is 0. The molecule has 1 amide bonds. The summed E-state index contributed by atoms with van der Waals surface area (Å²) in [4.78, 5) is 11.2. The monoisotopic (exact) mass is 178 g/mol. The molecule has 1 aliphatic carbocycles. The highest BCUT2D eigenvalue weighted by Gasteiger charge is 2.17. The molecule has 1 fully saturated rings. The van der Waals surface area contributed by atoms with Crippen LogP contribution in [0, 0.1) is 5.92 Å². The molecule has 4 heteroatoms. The van der Waals surface area contributed by atoms with Crippen LogP contribution in [-0.2, 0) is 4.79 Å². The van der Waals surface area contributed by atoms with Crippen LogP contribution in [0.3, 0.4) is 0 Å². The lowest BCUT2D eigenvalue weighted by Gasteiger charge is -1.93. The fourth-order valence-corrected chi connectivity index (χ4v) is 0.963. The molecule has 4 nitrogen and oxygen atoms in total.